The molecule has 0 aromatic carbocycles. The summed E-state index contributed by atoms with van der Waals surface area (Å²) in [7, 11) is 0. The molecule has 0 atom stereocenters. The van der Waals surface area contributed by atoms with Gasteiger partial charge in [0.25, 0.3) is 0 Å². The zero-order valence-corrected chi connectivity index (χ0v) is 16.0. The first-order valence-corrected chi connectivity index (χ1v) is 10.1. The van der Waals surface area contributed by atoms with E-state index in [1.54, 1.807) is 0 Å². The van der Waals surface area contributed by atoms with E-state index in [4.69, 9.17) is 4.74 Å². The summed E-state index contributed by atoms with van der Waals surface area (Å²) in [5, 5.41) is 3.20. The van der Waals surface area contributed by atoms with Gasteiger partial charge in [-0.1, -0.05) is 85.0 Å². The van der Waals surface area contributed by atoms with Gasteiger partial charge < -0.3 is 10.1 Å². The van der Waals surface area contributed by atoms with Gasteiger partial charge in [0.05, 0.1) is 5.92 Å². The Hall–Kier alpha value is -0.570. The van der Waals surface area contributed by atoms with Crippen molar-refractivity contribution < 1.29 is 9.53 Å². The molecule has 0 aromatic rings. The fourth-order valence-corrected chi connectivity index (χ4v) is 2.89. The van der Waals surface area contributed by atoms with E-state index in [1.807, 2.05) is 0 Å². The number of likely N-dealkylation sites (N-methyl/N-ethyl adjacent to an activating group) is 1. The summed E-state index contributed by atoms with van der Waals surface area (Å²) >= 11 is 0. The largest absolute Gasteiger partial charge is 0.464 e. The number of nitrogens with one attached hydrogen (secondary N) is 1. The predicted octanol–water partition coefficient (Wildman–Crippen LogP) is 5.48. The number of rotatable bonds is 17. The van der Waals surface area contributed by atoms with Gasteiger partial charge in [-0.25, -0.2) is 0 Å². The van der Waals surface area contributed by atoms with Crippen LogP contribution in [0.4, 0.5) is 0 Å². The highest BCUT2D eigenvalue weighted by Crippen LogP contribution is 2.20. The van der Waals surface area contributed by atoms with Crippen molar-refractivity contribution in [2.75, 3.05) is 19.7 Å². The molecule has 0 bridgehead atoms. The maximum absolute atomic E-state index is 12.3. The zero-order valence-electron chi connectivity index (χ0n) is 16.0. The number of unbranched alkanes of at least 4 members (excludes halogenated alkanes) is 8. The third kappa shape index (κ3) is 14.7. The highest BCUT2D eigenvalue weighted by Gasteiger charge is 2.19. The minimum atomic E-state index is 0.0360. The SMILES string of the molecule is CCCCCCCC(CCCCCCC)C(=O)OCCNCC. The van der Waals surface area contributed by atoms with E-state index in [0.717, 1.165) is 25.9 Å². The van der Waals surface area contributed by atoms with Crippen LogP contribution < -0.4 is 5.32 Å². The number of carbonyl (C=O) groups is 1. The van der Waals surface area contributed by atoms with Crippen LogP contribution in [0.1, 0.15) is 97.8 Å². The topological polar surface area (TPSA) is 38.3 Å². The Bertz CT molecular complexity index is 242. The standard InChI is InChI=1S/C20H41NO2/c1-4-7-9-11-13-15-19(16-14-12-10-8-5-2)20(22)23-18-17-21-6-3/h19,21H,4-18H2,1-3H3. The lowest BCUT2D eigenvalue weighted by Gasteiger charge is -2.16. The minimum Gasteiger partial charge on any atom is -0.464 e. The van der Waals surface area contributed by atoms with Crippen LogP contribution in [0, 0.1) is 5.92 Å². The summed E-state index contributed by atoms with van der Waals surface area (Å²) in [5.41, 5.74) is 0. The van der Waals surface area contributed by atoms with Crippen molar-refractivity contribution in [1.82, 2.24) is 5.32 Å². The number of hydrogen-bond acceptors (Lipinski definition) is 3. The van der Waals surface area contributed by atoms with Crippen molar-refractivity contribution in [2.45, 2.75) is 97.8 Å². The first kappa shape index (κ1) is 22.4. The summed E-state index contributed by atoms with van der Waals surface area (Å²) in [4.78, 5) is 12.3. The Labute approximate surface area is 144 Å². The van der Waals surface area contributed by atoms with Crippen LogP contribution in [-0.4, -0.2) is 25.7 Å². The summed E-state index contributed by atoms with van der Waals surface area (Å²) in [6, 6.07) is 0. The second-order valence-electron chi connectivity index (χ2n) is 6.62. The van der Waals surface area contributed by atoms with Crippen molar-refractivity contribution in [3.8, 4) is 0 Å². The molecule has 138 valence electrons. The van der Waals surface area contributed by atoms with Crippen LogP contribution in [0.2, 0.25) is 0 Å². The molecule has 3 heteroatoms. The van der Waals surface area contributed by atoms with Crippen LogP contribution in [-0.2, 0) is 9.53 Å². The Morgan fingerprint density at radius 1 is 0.826 bits per heavy atom. The third-order valence-electron chi connectivity index (χ3n) is 4.42. The van der Waals surface area contributed by atoms with Crippen molar-refractivity contribution in [3.63, 3.8) is 0 Å². The van der Waals surface area contributed by atoms with Crippen molar-refractivity contribution in [3.05, 3.63) is 0 Å². The van der Waals surface area contributed by atoms with E-state index >= 15 is 0 Å². The van der Waals surface area contributed by atoms with E-state index < -0.39 is 0 Å². The Balaban J connectivity index is 4.00. The summed E-state index contributed by atoms with van der Waals surface area (Å²) in [6.45, 7) is 8.74. The first-order chi connectivity index (χ1) is 11.3. The molecule has 0 aliphatic rings. The molecule has 0 fully saturated rings. The van der Waals surface area contributed by atoms with Gasteiger partial charge in [0.1, 0.15) is 6.61 Å². The van der Waals surface area contributed by atoms with Crippen LogP contribution in [0.3, 0.4) is 0 Å². The Morgan fingerprint density at radius 2 is 1.35 bits per heavy atom. The monoisotopic (exact) mass is 327 g/mol. The predicted molar refractivity (Wildman–Crippen MR) is 99.7 cm³/mol. The fraction of sp³-hybridized carbons (Fsp3) is 0.950. The zero-order chi connectivity index (χ0) is 17.2. The molecule has 0 unspecified atom stereocenters. The number of esters is 1. The molecule has 0 rings (SSSR count). The number of carbonyl (C=O) groups excluding carboxylic acids is 1. The molecule has 0 heterocycles. The van der Waals surface area contributed by atoms with E-state index in [0.29, 0.717) is 6.61 Å². The Morgan fingerprint density at radius 3 is 1.83 bits per heavy atom. The molecule has 1 N–H and O–H groups in total. The molecule has 0 saturated heterocycles. The summed E-state index contributed by atoms with van der Waals surface area (Å²) in [5.74, 6) is 0.161. The molecule has 0 aliphatic carbocycles. The summed E-state index contributed by atoms with van der Waals surface area (Å²) < 4.78 is 5.46. The second kappa shape index (κ2) is 17.8. The van der Waals surface area contributed by atoms with Gasteiger partial charge in [-0.3, -0.25) is 4.79 Å². The molecule has 0 aromatic heterocycles. The number of hydrogen-bond donors (Lipinski definition) is 1. The molecule has 0 spiro atoms. The lowest BCUT2D eigenvalue weighted by atomic mass is 9.94. The van der Waals surface area contributed by atoms with E-state index in [9.17, 15) is 4.79 Å². The van der Waals surface area contributed by atoms with Crippen LogP contribution >= 0.6 is 0 Å². The molecule has 23 heavy (non-hydrogen) atoms. The van der Waals surface area contributed by atoms with Gasteiger partial charge in [0.2, 0.25) is 0 Å². The van der Waals surface area contributed by atoms with Gasteiger partial charge in [0, 0.05) is 6.54 Å². The Kier molecular flexibility index (Phi) is 17.3. The van der Waals surface area contributed by atoms with Crippen LogP contribution in [0.5, 0.6) is 0 Å². The second-order valence-corrected chi connectivity index (χ2v) is 6.62. The minimum absolute atomic E-state index is 0.0360. The van der Waals surface area contributed by atoms with Crippen LogP contribution in [0.25, 0.3) is 0 Å². The third-order valence-corrected chi connectivity index (χ3v) is 4.42. The van der Waals surface area contributed by atoms with E-state index in [1.165, 1.54) is 64.2 Å². The quantitative estimate of drug-likeness (QED) is 0.284. The summed E-state index contributed by atoms with van der Waals surface area (Å²) in [6.07, 6.45) is 14.6. The highest BCUT2D eigenvalue weighted by atomic mass is 16.5. The average Bonchev–Trinajstić information content (AvgIpc) is 2.56. The van der Waals surface area contributed by atoms with Crippen LogP contribution in [0.15, 0.2) is 0 Å². The number of ether oxygens (including phenoxy) is 1. The van der Waals surface area contributed by atoms with Crippen molar-refractivity contribution >= 4 is 5.97 Å². The molecule has 0 radical (unpaired) electrons. The average molecular weight is 328 g/mol. The lowest BCUT2D eigenvalue weighted by molar-refractivity contribution is -0.149. The van der Waals surface area contributed by atoms with E-state index in [-0.39, 0.29) is 11.9 Å². The maximum atomic E-state index is 12.3. The van der Waals surface area contributed by atoms with Gasteiger partial charge in [-0.2, -0.15) is 0 Å². The van der Waals surface area contributed by atoms with Gasteiger partial charge in [0.15, 0.2) is 0 Å². The first-order valence-electron chi connectivity index (χ1n) is 10.1. The van der Waals surface area contributed by atoms with Gasteiger partial charge in [-0.15, -0.1) is 0 Å². The molecular formula is C20H41NO2. The van der Waals surface area contributed by atoms with Gasteiger partial charge >= 0.3 is 5.97 Å². The van der Waals surface area contributed by atoms with Crippen molar-refractivity contribution in [2.24, 2.45) is 5.92 Å². The van der Waals surface area contributed by atoms with Gasteiger partial charge in [-0.05, 0) is 19.4 Å². The van der Waals surface area contributed by atoms with Crippen molar-refractivity contribution in [1.29, 1.82) is 0 Å². The fourth-order valence-electron chi connectivity index (χ4n) is 2.89. The molecule has 3 nitrogen and oxygen atoms in total. The van der Waals surface area contributed by atoms with E-state index in [2.05, 4.69) is 26.1 Å². The molecule has 0 saturated carbocycles. The molecule has 0 amide bonds. The smallest absolute Gasteiger partial charge is 0.308 e. The molecular weight excluding hydrogens is 286 g/mol. The highest BCUT2D eigenvalue weighted by molar-refractivity contribution is 5.72. The maximum Gasteiger partial charge on any atom is 0.308 e. The normalized spacial score (nSPS) is 11.1. The molecule has 0 aliphatic heterocycles. The lowest BCUT2D eigenvalue weighted by Crippen LogP contribution is -2.24.